The first-order chi connectivity index (χ1) is 7.84. The Hall–Kier alpha value is -2.10. The van der Waals surface area contributed by atoms with Crippen molar-refractivity contribution in [2.24, 2.45) is 0 Å². The van der Waals surface area contributed by atoms with Gasteiger partial charge in [-0.3, -0.25) is 0 Å². The van der Waals surface area contributed by atoms with Gasteiger partial charge in [0.1, 0.15) is 11.5 Å². The number of benzene rings is 1. The monoisotopic (exact) mass is 213 g/mol. The van der Waals surface area contributed by atoms with Crippen molar-refractivity contribution in [3.63, 3.8) is 0 Å². The van der Waals surface area contributed by atoms with Crippen LogP contribution in [0.25, 0.3) is 11.0 Å². The molecule has 3 aromatic rings. The van der Waals surface area contributed by atoms with Crippen LogP contribution in [0.3, 0.4) is 0 Å². The fourth-order valence-electron chi connectivity index (χ4n) is 1.78. The molecule has 80 valence electrons. The van der Waals surface area contributed by atoms with Crippen molar-refractivity contribution in [3.8, 4) is 0 Å². The van der Waals surface area contributed by atoms with Crippen LogP contribution in [0.2, 0.25) is 0 Å². The Balaban J connectivity index is 2.04. The molecule has 1 aromatic carbocycles. The lowest BCUT2D eigenvalue weighted by Gasteiger charge is -2.00. The van der Waals surface area contributed by atoms with Gasteiger partial charge in [0, 0.05) is 17.8 Å². The van der Waals surface area contributed by atoms with Crippen molar-refractivity contribution in [3.05, 3.63) is 48.2 Å². The number of fused-ring (bicyclic) bond motifs is 1. The van der Waals surface area contributed by atoms with E-state index in [0.717, 1.165) is 22.5 Å². The summed E-state index contributed by atoms with van der Waals surface area (Å²) in [5.74, 6) is 0.979. The topological polar surface area (TPSA) is 43.9 Å². The van der Waals surface area contributed by atoms with Gasteiger partial charge in [-0.2, -0.15) is 0 Å². The van der Waals surface area contributed by atoms with Crippen molar-refractivity contribution >= 4 is 11.0 Å². The van der Waals surface area contributed by atoms with Gasteiger partial charge in [-0.15, -0.1) is 0 Å². The zero-order valence-electron chi connectivity index (χ0n) is 8.92. The number of rotatable bonds is 2. The molecular formula is C12H11N3O. The smallest absolute Gasteiger partial charge is 0.167 e. The van der Waals surface area contributed by atoms with Crippen molar-refractivity contribution in [2.45, 2.75) is 13.5 Å². The summed E-state index contributed by atoms with van der Waals surface area (Å²) in [6.45, 7) is 2.67. The maximum Gasteiger partial charge on any atom is 0.167 e. The quantitative estimate of drug-likeness (QED) is 0.656. The lowest BCUT2D eigenvalue weighted by atomic mass is 10.2. The lowest BCUT2D eigenvalue weighted by Crippen LogP contribution is -2.01. The Bertz CT molecular complexity index is 624. The van der Waals surface area contributed by atoms with Gasteiger partial charge in [0.25, 0.3) is 0 Å². The van der Waals surface area contributed by atoms with Crippen LogP contribution >= 0.6 is 0 Å². The number of hydrogen-bond acceptors (Lipinski definition) is 3. The predicted molar refractivity (Wildman–Crippen MR) is 60.1 cm³/mol. The molecule has 2 heterocycles. The molecule has 0 saturated heterocycles. The minimum Gasteiger partial charge on any atom is -0.356 e. The summed E-state index contributed by atoms with van der Waals surface area (Å²) in [6, 6.07) is 7.88. The third kappa shape index (κ3) is 1.39. The average molecular weight is 213 g/mol. The average Bonchev–Trinajstić information content (AvgIpc) is 2.88. The summed E-state index contributed by atoms with van der Waals surface area (Å²) < 4.78 is 7.30. The van der Waals surface area contributed by atoms with Crippen molar-refractivity contribution < 1.29 is 4.52 Å². The zero-order valence-corrected chi connectivity index (χ0v) is 8.92. The molecule has 4 nitrogen and oxygen atoms in total. The van der Waals surface area contributed by atoms with Gasteiger partial charge in [-0.1, -0.05) is 17.3 Å². The molecule has 0 aliphatic carbocycles. The molecule has 16 heavy (non-hydrogen) atoms. The van der Waals surface area contributed by atoms with E-state index in [-0.39, 0.29) is 0 Å². The molecule has 0 radical (unpaired) electrons. The van der Waals surface area contributed by atoms with E-state index in [1.807, 2.05) is 42.0 Å². The fourth-order valence-corrected chi connectivity index (χ4v) is 1.78. The molecular weight excluding hydrogens is 202 g/mol. The molecule has 0 unspecified atom stereocenters. The molecule has 0 saturated carbocycles. The first kappa shape index (κ1) is 9.15. The highest BCUT2D eigenvalue weighted by molar-refractivity contribution is 5.79. The third-order valence-electron chi connectivity index (χ3n) is 2.70. The summed E-state index contributed by atoms with van der Waals surface area (Å²) in [5, 5.41) is 5.15. The van der Waals surface area contributed by atoms with Gasteiger partial charge in [0.2, 0.25) is 0 Å². The number of aromatic nitrogens is 3. The number of nitrogens with zero attached hydrogens (tertiary/aromatic N) is 3. The van der Waals surface area contributed by atoms with Gasteiger partial charge in [-0.05, 0) is 19.1 Å². The summed E-state index contributed by atoms with van der Waals surface area (Å²) in [5.41, 5.74) is 1.77. The van der Waals surface area contributed by atoms with Crippen LogP contribution in [-0.2, 0) is 6.54 Å². The Morgan fingerprint density at radius 2 is 2.19 bits per heavy atom. The van der Waals surface area contributed by atoms with Gasteiger partial charge < -0.3 is 9.09 Å². The molecule has 3 rings (SSSR count). The highest BCUT2D eigenvalue weighted by atomic mass is 16.5. The molecule has 0 fully saturated rings. The third-order valence-corrected chi connectivity index (χ3v) is 2.70. The number of imidazole rings is 1. The van der Waals surface area contributed by atoms with E-state index in [9.17, 15) is 0 Å². The lowest BCUT2D eigenvalue weighted by molar-refractivity contribution is 0.442. The molecule has 0 atom stereocenters. The van der Waals surface area contributed by atoms with E-state index in [1.54, 1.807) is 6.20 Å². The summed E-state index contributed by atoms with van der Waals surface area (Å²) >= 11 is 0. The van der Waals surface area contributed by atoms with Crippen molar-refractivity contribution in [1.82, 2.24) is 14.7 Å². The second-order valence-corrected chi connectivity index (χ2v) is 3.73. The molecule has 0 amide bonds. The van der Waals surface area contributed by atoms with E-state index in [4.69, 9.17) is 4.52 Å². The van der Waals surface area contributed by atoms with E-state index >= 15 is 0 Å². The van der Waals surface area contributed by atoms with Crippen LogP contribution in [0.4, 0.5) is 0 Å². The van der Waals surface area contributed by atoms with E-state index in [2.05, 4.69) is 10.1 Å². The van der Waals surface area contributed by atoms with Crippen LogP contribution in [0, 0.1) is 6.92 Å². The Labute approximate surface area is 92.5 Å². The molecule has 0 aliphatic heterocycles. The van der Waals surface area contributed by atoms with Crippen LogP contribution in [0.15, 0.2) is 41.2 Å². The molecule has 0 N–H and O–H groups in total. The maximum absolute atomic E-state index is 5.25. The van der Waals surface area contributed by atoms with Gasteiger partial charge in [0.05, 0.1) is 6.54 Å². The van der Waals surface area contributed by atoms with Crippen LogP contribution in [0.1, 0.15) is 11.5 Å². The highest BCUT2D eigenvalue weighted by Crippen LogP contribution is 2.18. The molecule has 0 spiro atoms. The van der Waals surface area contributed by atoms with Gasteiger partial charge >= 0.3 is 0 Å². The van der Waals surface area contributed by atoms with E-state index in [1.165, 1.54) is 0 Å². The first-order valence-electron chi connectivity index (χ1n) is 5.15. The Morgan fingerprint density at radius 1 is 1.31 bits per heavy atom. The number of hydrogen-bond donors (Lipinski definition) is 0. The van der Waals surface area contributed by atoms with E-state index in [0.29, 0.717) is 6.54 Å². The molecule has 2 aromatic heterocycles. The summed E-state index contributed by atoms with van der Waals surface area (Å²) in [4.78, 5) is 4.18. The van der Waals surface area contributed by atoms with E-state index < -0.39 is 0 Å². The predicted octanol–water partition coefficient (Wildman–Crippen LogP) is 2.38. The van der Waals surface area contributed by atoms with Crippen LogP contribution in [-0.4, -0.2) is 14.7 Å². The summed E-state index contributed by atoms with van der Waals surface area (Å²) in [7, 11) is 0. The number of aryl methyl sites for hydroxylation is 1. The minimum absolute atomic E-state index is 0.697. The Morgan fingerprint density at radius 3 is 3.00 bits per heavy atom. The zero-order chi connectivity index (χ0) is 11.0. The molecule has 0 bridgehead atoms. The summed E-state index contributed by atoms with van der Waals surface area (Å²) in [6.07, 6.45) is 3.73. The van der Waals surface area contributed by atoms with Gasteiger partial charge in [0.15, 0.2) is 5.58 Å². The molecule has 0 aliphatic rings. The highest BCUT2D eigenvalue weighted by Gasteiger charge is 2.08. The van der Waals surface area contributed by atoms with Crippen molar-refractivity contribution in [1.29, 1.82) is 0 Å². The minimum atomic E-state index is 0.697. The largest absolute Gasteiger partial charge is 0.356 e. The van der Waals surface area contributed by atoms with Crippen molar-refractivity contribution in [2.75, 3.05) is 0 Å². The van der Waals surface area contributed by atoms with Crippen LogP contribution < -0.4 is 0 Å². The fraction of sp³-hybridized carbons (Fsp3) is 0.167. The van der Waals surface area contributed by atoms with Crippen LogP contribution in [0.5, 0.6) is 0 Å². The normalized spacial score (nSPS) is 11.1. The number of para-hydroxylation sites is 1. The molecule has 4 heteroatoms. The van der Waals surface area contributed by atoms with Gasteiger partial charge in [-0.25, -0.2) is 4.98 Å². The Kier molecular flexibility index (Phi) is 1.99. The second kappa shape index (κ2) is 3.48. The SMILES string of the molecule is Cc1nccn1Cc1noc2ccccc12. The first-order valence-corrected chi connectivity index (χ1v) is 5.15. The second-order valence-electron chi connectivity index (χ2n) is 3.73. The standard InChI is InChI=1S/C12H11N3O/c1-9-13-6-7-15(9)8-11-10-4-2-3-5-12(10)16-14-11/h2-7H,8H2,1H3. The maximum atomic E-state index is 5.25.